The summed E-state index contributed by atoms with van der Waals surface area (Å²) < 4.78 is 1.68. The summed E-state index contributed by atoms with van der Waals surface area (Å²) in [5, 5.41) is 10.0. The molecule has 0 saturated carbocycles. The number of likely N-dealkylation sites (N-methyl/N-ethyl adjacent to an activating group) is 1. The Morgan fingerprint density at radius 1 is 1.35 bits per heavy atom. The fourth-order valence-corrected chi connectivity index (χ4v) is 2.08. The summed E-state index contributed by atoms with van der Waals surface area (Å²) >= 11 is 0. The van der Waals surface area contributed by atoms with Gasteiger partial charge in [0.15, 0.2) is 0 Å². The normalized spacial score (nSPS) is 12.2. The molecule has 0 radical (unpaired) electrons. The Morgan fingerprint density at radius 3 is 2.55 bits per heavy atom. The Labute approximate surface area is 119 Å². The maximum atomic E-state index is 12.3. The average molecular weight is 272 g/mol. The lowest BCUT2D eigenvalue weighted by molar-refractivity contribution is -0.118. The summed E-state index contributed by atoms with van der Waals surface area (Å²) in [5.74, 6) is -0.0928. The maximum Gasteiger partial charge on any atom is 0.246 e. The van der Waals surface area contributed by atoms with Crippen LogP contribution in [0.25, 0.3) is 0 Å². The first kappa shape index (κ1) is 14.3. The van der Waals surface area contributed by atoms with Crippen molar-refractivity contribution in [3.05, 3.63) is 47.8 Å². The molecule has 0 aliphatic carbocycles. The Balaban J connectivity index is 2.08. The maximum absolute atomic E-state index is 12.3. The lowest BCUT2D eigenvalue weighted by Crippen LogP contribution is -2.30. The molecule has 5 nitrogen and oxygen atoms in total. The highest BCUT2D eigenvalue weighted by molar-refractivity contribution is 5.95. The number of carbonyl (C=O) groups excluding carboxylic acids is 1. The lowest BCUT2D eigenvalue weighted by Gasteiger charge is -2.14. The predicted molar refractivity (Wildman–Crippen MR) is 79.5 cm³/mol. The van der Waals surface area contributed by atoms with Crippen LogP contribution in [0.1, 0.15) is 24.1 Å². The van der Waals surface area contributed by atoms with Crippen LogP contribution in [0.3, 0.4) is 0 Å². The van der Waals surface area contributed by atoms with Crippen LogP contribution in [0.5, 0.6) is 0 Å². The highest BCUT2D eigenvalue weighted by Gasteiger charge is 2.20. The van der Waals surface area contributed by atoms with Crippen molar-refractivity contribution >= 4 is 11.6 Å². The highest BCUT2D eigenvalue weighted by Crippen LogP contribution is 2.16. The number of rotatable bonds is 5. The molecule has 0 spiro atoms. The molecule has 2 N–H and O–H groups in total. The van der Waals surface area contributed by atoms with Gasteiger partial charge in [-0.25, -0.2) is 0 Å². The number of hydrogen-bond acceptors (Lipinski definition) is 3. The van der Waals surface area contributed by atoms with Crippen molar-refractivity contribution in [1.82, 2.24) is 15.1 Å². The smallest absolute Gasteiger partial charge is 0.246 e. The number of anilines is 1. The third kappa shape index (κ3) is 3.24. The third-order valence-electron chi connectivity index (χ3n) is 3.24. The predicted octanol–water partition coefficient (Wildman–Crippen LogP) is 1.88. The number of aryl methyl sites for hydroxylation is 2. The van der Waals surface area contributed by atoms with Gasteiger partial charge in [0.05, 0.1) is 6.20 Å². The monoisotopic (exact) mass is 272 g/mol. The SMILES string of the molecule is CCc1ccc(NC(=O)C(NC)c2cnn(C)c2)cc1. The molecule has 1 unspecified atom stereocenters. The van der Waals surface area contributed by atoms with Gasteiger partial charge in [0.25, 0.3) is 0 Å². The molecule has 0 saturated heterocycles. The molecule has 0 aliphatic rings. The first-order valence-electron chi connectivity index (χ1n) is 6.69. The van der Waals surface area contributed by atoms with Crippen LogP contribution >= 0.6 is 0 Å². The zero-order chi connectivity index (χ0) is 14.5. The molecule has 106 valence electrons. The summed E-state index contributed by atoms with van der Waals surface area (Å²) in [6, 6.07) is 7.48. The molecule has 2 rings (SSSR count). The molecule has 1 amide bonds. The van der Waals surface area contributed by atoms with E-state index in [0.29, 0.717) is 0 Å². The largest absolute Gasteiger partial charge is 0.324 e. The van der Waals surface area contributed by atoms with Gasteiger partial charge in [-0.15, -0.1) is 0 Å². The van der Waals surface area contributed by atoms with Crippen molar-refractivity contribution in [3.8, 4) is 0 Å². The van der Waals surface area contributed by atoms with E-state index in [9.17, 15) is 4.79 Å². The molecule has 0 aliphatic heterocycles. The molecule has 20 heavy (non-hydrogen) atoms. The average Bonchev–Trinajstić information content (AvgIpc) is 2.87. The first-order valence-corrected chi connectivity index (χ1v) is 6.69. The summed E-state index contributed by atoms with van der Waals surface area (Å²) in [4.78, 5) is 12.3. The molecule has 0 bridgehead atoms. The van der Waals surface area contributed by atoms with E-state index in [1.807, 2.05) is 37.5 Å². The van der Waals surface area contributed by atoms with Crippen LogP contribution < -0.4 is 10.6 Å². The summed E-state index contributed by atoms with van der Waals surface area (Å²) in [5.41, 5.74) is 2.90. The number of aromatic nitrogens is 2. The third-order valence-corrected chi connectivity index (χ3v) is 3.24. The minimum absolute atomic E-state index is 0.0928. The Morgan fingerprint density at radius 2 is 2.05 bits per heavy atom. The van der Waals surface area contributed by atoms with Crippen LogP contribution in [-0.4, -0.2) is 22.7 Å². The topological polar surface area (TPSA) is 59.0 Å². The van der Waals surface area contributed by atoms with E-state index in [-0.39, 0.29) is 5.91 Å². The summed E-state index contributed by atoms with van der Waals surface area (Å²) in [6.45, 7) is 2.10. The number of amides is 1. The van der Waals surface area contributed by atoms with E-state index in [1.54, 1.807) is 17.9 Å². The standard InChI is InChI=1S/C15H20N4O/c1-4-11-5-7-13(8-6-11)18-15(20)14(16-2)12-9-17-19(3)10-12/h5-10,14,16H,4H2,1-3H3,(H,18,20). The molecule has 0 fully saturated rings. The zero-order valence-electron chi connectivity index (χ0n) is 12.1. The van der Waals surface area contributed by atoms with Crippen LogP contribution in [0.4, 0.5) is 5.69 Å². The van der Waals surface area contributed by atoms with E-state index < -0.39 is 6.04 Å². The van der Waals surface area contributed by atoms with Crippen molar-refractivity contribution < 1.29 is 4.79 Å². The van der Waals surface area contributed by atoms with Gasteiger partial charge in [-0.3, -0.25) is 9.48 Å². The van der Waals surface area contributed by atoms with E-state index >= 15 is 0 Å². The Bertz CT molecular complexity index is 574. The van der Waals surface area contributed by atoms with Crippen LogP contribution in [0.2, 0.25) is 0 Å². The van der Waals surface area contributed by atoms with Crippen LogP contribution in [-0.2, 0) is 18.3 Å². The molecule has 2 aromatic rings. The molecular weight excluding hydrogens is 252 g/mol. The van der Waals surface area contributed by atoms with Gasteiger partial charge in [-0.2, -0.15) is 5.10 Å². The van der Waals surface area contributed by atoms with E-state index in [2.05, 4.69) is 22.7 Å². The second kappa shape index (κ2) is 6.34. The van der Waals surface area contributed by atoms with Gasteiger partial charge in [0.2, 0.25) is 5.91 Å². The van der Waals surface area contributed by atoms with Crippen LogP contribution in [0, 0.1) is 0 Å². The van der Waals surface area contributed by atoms with Crippen molar-refractivity contribution in [2.75, 3.05) is 12.4 Å². The molecule has 1 heterocycles. The van der Waals surface area contributed by atoms with Crippen LogP contribution in [0.15, 0.2) is 36.7 Å². The number of benzene rings is 1. The summed E-state index contributed by atoms with van der Waals surface area (Å²) in [6.07, 6.45) is 4.52. The van der Waals surface area contributed by atoms with Gasteiger partial charge < -0.3 is 10.6 Å². The zero-order valence-corrected chi connectivity index (χ0v) is 12.1. The molecule has 1 aromatic carbocycles. The van der Waals surface area contributed by atoms with Gasteiger partial charge in [-0.05, 0) is 31.2 Å². The Hall–Kier alpha value is -2.14. The fourth-order valence-electron chi connectivity index (χ4n) is 2.08. The van der Waals surface area contributed by atoms with Gasteiger partial charge in [0, 0.05) is 24.5 Å². The van der Waals surface area contributed by atoms with Crippen molar-refractivity contribution in [1.29, 1.82) is 0 Å². The highest BCUT2D eigenvalue weighted by atomic mass is 16.2. The van der Waals surface area contributed by atoms with Crippen molar-refractivity contribution in [2.45, 2.75) is 19.4 Å². The number of carbonyl (C=O) groups is 1. The number of nitrogens with one attached hydrogen (secondary N) is 2. The fraction of sp³-hybridized carbons (Fsp3) is 0.333. The second-order valence-corrected chi connectivity index (χ2v) is 4.71. The molecule has 1 atom stereocenters. The molecule has 1 aromatic heterocycles. The molecule has 5 heteroatoms. The van der Waals surface area contributed by atoms with Gasteiger partial charge in [-0.1, -0.05) is 19.1 Å². The Kier molecular flexibility index (Phi) is 4.53. The van der Waals surface area contributed by atoms with E-state index in [0.717, 1.165) is 17.7 Å². The molecular formula is C15H20N4O. The quantitative estimate of drug-likeness (QED) is 0.873. The minimum Gasteiger partial charge on any atom is -0.324 e. The number of nitrogens with zero attached hydrogens (tertiary/aromatic N) is 2. The minimum atomic E-state index is -0.408. The number of hydrogen-bond donors (Lipinski definition) is 2. The lowest BCUT2D eigenvalue weighted by atomic mass is 10.1. The first-order chi connectivity index (χ1) is 9.63. The van der Waals surface area contributed by atoms with Crippen molar-refractivity contribution in [2.24, 2.45) is 7.05 Å². The van der Waals surface area contributed by atoms with Crippen molar-refractivity contribution in [3.63, 3.8) is 0 Å². The van der Waals surface area contributed by atoms with Gasteiger partial charge >= 0.3 is 0 Å². The van der Waals surface area contributed by atoms with E-state index in [1.165, 1.54) is 5.56 Å². The van der Waals surface area contributed by atoms with Gasteiger partial charge in [0.1, 0.15) is 6.04 Å². The summed E-state index contributed by atoms with van der Waals surface area (Å²) in [7, 11) is 3.59. The second-order valence-electron chi connectivity index (χ2n) is 4.71. The van der Waals surface area contributed by atoms with E-state index in [4.69, 9.17) is 0 Å².